The van der Waals surface area contributed by atoms with E-state index in [1.807, 2.05) is 0 Å². The van der Waals surface area contributed by atoms with Gasteiger partial charge in [-0.3, -0.25) is 18.7 Å². The van der Waals surface area contributed by atoms with Crippen LogP contribution >= 0.6 is 0 Å². The maximum atomic E-state index is 13.0. The van der Waals surface area contributed by atoms with E-state index in [1.165, 1.54) is 28.7 Å². The van der Waals surface area contributed by atoms with Crippen LogP contribution in [0.3, 0.4) is 0 Å². The number of esters is 1. The minimum Gasteiger partial charge on any atom is -0.465 e. The fraction of sp³-hybridized carbons (Fsp3) is 0.238. The summed E-state index contributed by atoms with van der Waals surface area (Å²) in [6.45, 7) is 0.0420. The average Bonchev–Trinajstić information content (AvgIpc) is 2.74. The lowest BCUT2D eigenvalue weighted by atomic mass is 10.1. The van der Waals surface area contributed by atoms with Crippen molar-refractivity contribution in [2.45, 2.75) is 6.54 Å². The standard InChI is InChI=1S/C21H21N3O5/c1-22(2)18(25)14-7-5-13(6-8-14)12-24-19(26)16-11-15(20(27)29-4)9-10-17(16)23(3)21(24)28/h5-11H,12H2,1-4H3. The van der Waals surface area contributed by atoms with E-state index in [0.29, 0.717) is 16.6 Å². The number of carbonyl (C=O) groups excluding carboxylic acids is 2. The van der Waals surface area contributed by atoms with Gasteiger partial charge in [-0.25, -0.2) is 9.59 Å². The summed E-state index contributed by atoms with van der Waals surface area (Å²) >= 11 is 0. The van der Waals surface area contributed by atoms with E-state index in [4.69, 9.17) is 4.74 Å². The molecule has 0 saturated heterocycles. The van der Waals surface area contributed by atoms with Gasteiger partial charge in [0.25, 0.3) is 11.5 Å². The molecule has 0 aliphatic heterocycles. The third-order valence-corrected chi connectivity index (χ3v) is 4.72. The van der Waals surface area contributed by atoms with Gasteiger partial charge < -0.3 is 9.64 Å². The van der Waals surface area contributed by atoms with Crippen LogP contribution in [0.15, 0.2) is 52.1 Å². The zero-order valence-corrected chi connectivity index (χ0v) is 16.6. The maximum Gasteiger partial charge on any atom is 0.337 e. The van der Waals surface area contributed by atoms with Crippen LogP contribution in [0.4, 0.5) is 0 Å². The topological polar surface area (TPSA) is 90.6 Å². The molecule has 0 aliphatic rings. The number of hydrogen-bond acceptors (Lipinski definition) is 5. The van der Waals surface area contributed by atoms with E-state index in [0.717, 1.165) is 4.57 Å². The normalized spacial score (nSPS) is 10.8. The van der Waals surface area contributed by atoms with Crippen molar-refractivity contribution >= 4 is 22.8 Å². The average molecular weight is 395 g/mol. The number of fused-ring (bicyclic) bond motifs is 1. The molecule has 0 N–H and O–H groups in total. The van der Waals surface area contributed by atoms with Crippen molar-refractivity contribution < 1.29 is 14.3 Å². The van der Waals surface area contributed by atoms with Crippen LogP contribution in [0.5, 0.6) is 0 Å². The molecule has 150 valence electrons. The smallest absolute Gasteiger partial charge is 0.337 e. The number of ether oxygens (including phenoxy) is 1. The van der Waals surface area contributed by atoms with Crippen molar-refractivity contribution in [3.63, 3.8) is 0 Å². The Labute approximate surface area is 166 Å². The van der Waals surface area contributed by atoms with Crippen LogP contribution in [0.25, 0.3) is 10.9 Å². The van der Waals surface area contributed by atoms with Crippen LogP contribution in [-0.2, 0) is 18.3 Å². The van der Waals surface area contributed by atoms with Gasteiger partial charge in [-0.1, -0.05) is 12.1 Å². The molecule has 29 heavy (non-hydrogen) atoms. The minimum atomic E-state index is -0.562. The summed E-state index contributed by atoms with van der Waals surface area (Å²) in [5.41, 5.74) is 0.900. The molecule has 2 aromatic carbocycles. The van der Waals surface area contributed by atoms with Crippen molar-refractivity contribution in [3.8, 4) is 0 Å². The molecular formula is C21H21N3O5. The van der Waals surface area contributed by atoms with E-state index >= 15 is 0 Å². The van der Waals surface area contributed by atoms with Gasteiger partial charge in [-0.05, 0) is 35.9 Å². The van der Waals surface area contributed by atoms with E-state index in [-0.39, 0.29) is 23.4 Å². The highest BCUT2D eigenvalue weighted by atomic mass is 16.5. The molecule has 0 bridgehead atoms. The number of aromatic nitrogens is 2. The number of nitrogens with zero attached hydrogens (tertiary/aromatic N) is 3. The summed E-state index contributed by atoms with van der Waals surface area (Å²) in [5, 5.41) is 0.245. The van der Waals surface area contributed by atoms with Gasteiger partial charge in [0.05, 0.1) is 30.1 Å². The highest BCUT2D eigenvalue weighted by molar-refractivity contribution is 5.94. The van der Waals surface area contributed by atoms with Crippen LogP contribution in [0.2, 0.25) is 0 Å². The monoisotopic (exact) mass is 395 g/mol. The first-order chi connectivity index (χ1) is 13.7. The summed E-state index contributed by atoms with van der Waals surface area (Å²) in [6, 6.07) is 11.2. The highest BCUT2D eigenvalue weighted by Gasteiger charge is 2.15. The fourth-order valence-corrected chi connectivity index (χ4v) is 3.09. The van der Waals surface area contributed by atoms with Crippen LogP contribution in [-0.4, -0.2) is 47.1 Å². The summed E-state index contributed by atoms with van der Waals surface area (Å²) < 4.78 is 7.17. The molecule has 0 unspecified atom stereocenters. The second-order valence-electron chi connectivity index (χ2n) is 6.85. The molecule has 3 rings (SSSR count). The number of amides is 1. The molecule has 0 atom stereocenters. The lowest BCUT2D eigenvalue weighted by molar-refractivity contribution is 0.0600. The third-order valence-electron chi connectivity index (χ3n) is 4.72. The highest BCUT2D eigenvalue weighted by Crippen LogP contribution is 2.13. The van der Waals surface area contributed by atoms with Gasteiger partial charge in [0.2, 0.25) is 0 Å². The molecule has 8 heteroatoms. The van der Waals surface area contributed by atoms with Crippen LogP contribution in [0, 0.1) is 0 Å². The molecule has 1 amide bonds. The maximum absolute atomic E-state index is 13.0. The quantitative estimate of drug-likeness (QED) is 0.620. The second-order valence-corrected chi connectivity index (χ2v) is 6.85. The first-order valence-electron chi connectivity index (χ1n) is 8.87. The Kier molecular flexibility index (Phi) is 5.36. The number of carbonyl (C=O) groups is 2. The third kappa shape index (κ3) is 3.69. The number of methoxy groups -OCH3 is 1. The molecule has 3 aromatic rings. The second kappa shape index (κ2) is 7.75. The number of benzene rings is 2. The Bertz CT molecular complexity index is 1220. The molecule has 0 aliphatic carbocycles. The lowest BCUT2D eigenvalue weighted by Crippen LogP contribution is -2.39. The largest absolute Gasteiger partial charge is 0.465 e. The zero-order valence-electron chi connectivity index (χ0n) is 16.6. The first-order valence-corrected chi connectivity index (χ1v) is 8.87. The van der Waals surface area contributed by atoms with E-state index in [2.05, 4.69) is 0 Å². The molecule has 1 heterocycles. The van der Waals surface area contributed by atoms with Gasteiger partial charge in [-0.15, -0.1) is 0 Å². The molecule has 0 spiro atoms. The van der Waals surface area contributed by atoms with Gasteiger partial charge in [0.1, 0.15) is 0 Å². The van der Waals surface area contributed by atoms with Gasteiger partial charge in [0, 0.05) is 26.7 Å². The predicted octanol–water partition coefficient (Wildman–Crippen LogP) is 1.24. The fourth-order valence-electron chi connectivity index (χ4n) is 3.09. The Balaban J connectivity index is 2.07. The van der Waals surface area contributed by atoms with Crippen molar-refractivity contribution in [2.75, 3.05) is 21.2 Å². The molecular weight excluding hydrogens is 374 g/mol. The van der Waals surface area contributed by atoms with E-state index < -0.39 is 17.2 Å². The van der Waals surface area contributed by atoms with Crippen molar-refractivity contribution in [3.05, 3.63) is 80.0 Å². The molecule has 0 fully saturated rings. The molecule has 1 aromatic heterocycles. The summed E-state index contributed by atoms with van der Waals surface area (Å²) in [7, 11) is 6.15. The first kappa shape index (κ1) is 20.1. The zero-order chi connectivity index (χ0) is 21.3. The van der Waals surface area contributed by atoms with Gasteiger partial charge >= 0.3 is 11.7 Å². The van der Waals surface area contributed by atoms with E-state index in [1.54, 1.807) is 51.5 Å². The summed E-state index contributed by atoms with van der Waals surface area (Å²) in [4.78, 5) is 51.0. The van der Waals surface area contributed by atoms with Crippen molar-refractivity contribution in [2.24, 2.45) is 7.05 Å². The van der Waals surface area contributed by atoms with Crippen molar-refractivity contribution in [1.29, 1.82) is 0 Å². The van der Waals surface area contributed by atoms with Crippen LogP contribution in [0.1, 0.15) is 26.3 Å². The molecule has 8 nitrogen and oxygen atoms in total. The summed E-state index contributed by atoms with van der Waals surface area (Å²) in [5.74, 6) is -0.696. The predicted molar refractivity (Wildman–Crippen MR) is 108 cm³/mol. The Morgan fingerprint density at radius 2 is 1.62 bits per heavy atom. The number of aryl methyl sites for hydroxylation is 1. The Morgan fingerprint density at radius 3 is 2.21 bits per heavy atom. The Morgan fingerprint density at radius 1 is 1.00 bits per heavy atom. The van der Waals surface area contributed by atoms with Crippen LogP contribution < -0.4 is 11.2 Å². The number of rotatable bonds is 4. The van der Waals surface area contributed by atoms with Crippen molar-refractivity contribution in [1.82, 2.24) is 14.0 Å². The van der Waals surface area contributed by atoms with Gasteiger partial charge in [0.15, 0.2) is 0 Å². The number of hydrogen-bond donors (Lipinski definition) is 0. The molecule has 0 saturated carbocycles. The van der Waals surface area contributed by atoms with Gasteiger partial charge in [-0.2, -0.15) is 0 Å². The Hall–Kier alpha value is -3.68. The van der Waals surface area contributed by atoms with E-state index in [9.17, 15) is 19.2 Å². The SMILES string of the molecule is COC(=O)c1ccc2c(c1)c(=O)n(Cc1ccc(C(=O)N(C)C)cc1)c(=O)n2C. The lowest BCUT2D eigenvalue weighted by Gasteiger charge is -2.13. The minimum absolute atomic E-state index is 0.0420. The molecule has 0 radical (unpaired) electrons. The summed E-state index contributed by atoms with van der Waals surface area (Å²) in [6.07, 6.45) is 0.